The van der Waals surface area contributed by atoms with Gasteiger partial charge in [0, 0.05) is 0 Å². The fourth-order valence-electron chi connectivity index (χ4n) is 4.46. The molecule has 0 spiro atoms. The first kappa shape index (κ1) is 22.0. The van der Waals surface area contributed by atoms with Crippen LogP contribution in [0.5, 0.6) is 5.75 Å². The van der Waals surface area contributed by atoms with E-state index in [1.54, 1.807) is 17.2 Å². The summed E-state index contributed by atoms with van der Waals surface area (Å²) in [6, 6.07) is 14.3. The molecule has 0 N–H and O–H groups in total. The zero-order valence-corrected chi connectivity index (χ0v) is 19.6. The number of hydrogen-bond donors (Lipinski definition) is 0. The number of furan rings is 1. The maximum absolute atomic E-state index is 13.8. The van der Waals surface area contributed by atoms with E-state index in [9.17, 15) is 9.59 Å². The lowest BCUT2D eigenvalue weighted by Gasteiger charge is -2.24. The Morgan fingerprint density at radius 1 is 1.03 bits per heavy atom. The second-order valence-electron chi connectivity index (χ2n) is 8.80. The number of rotatable bonds is 7. The average molecular weight is 458 g/mol. The van der Waals surface area contributed by atoms with Crippen molar-refractivity contribution in [2.24, 2.45) is 0 Å². The zero-order chi connectivity index (χ0) is 23.8. The zero-order valence-electron chi connectivity index (χ0n) is 19.6. The van der Waals surface area contributed by atoms with Gasteiger partial charge in [0.15, 0.2) is 5.43 Å². The lowest BCUT2D eigenvalue weighted by Crippen LogP contribution is -2.29. The second-order valence-corrected chi connectivity index (χ2v) is 8.80. The number of fused-ring (bicyclic) bond motifs is 2. The van der Waals surface area contributed by atoms with Crippen molar-refractivity contribution in [1.82, 2.24) is 4.90 Å². The van der Waals surface area contributed by atoms with Crippen molar-refractivity contribution >= 4 is 16.9 Å². The molecule has 0 radical (unpaired) electrons. The van der Waals surface area contributed by atoms with E-state index in [0.717, 1.165) is 29.5 Å². The fraction of sp³-hybridized carbons (Fsp3) is 0.286. The van der Waals surface area contributed by atoms with Gasteiger partial charge in [0.1, 0.15) is 17.1 Å². The maximum atomic E-state index is 13.8. The number of ether oxygens (including phenoxy) is 1. The number of nitrogens with zero attached hydrogens (tertiary/aromatic N) is 1. The minimum Gasteiger partial charge on any atom is -0.494 e. The Hall–Kier alpha value is -3.80. The predicted octanol–water partition coefficient (Wildman–Crippen LogP) is 5.93. The summed E-state index contributed by atoms with van der Waals surface area (Å²) in [5, 5.41) is 0.481. The van der Waals surface area contributed by atoms with Gasteiger partial charge in [0.05, 0.1) is 36.4 Å². The third-order valence-corrected chi connectivity index (χ3v) is 6.43. The summed E-state index contributed by atoms with van der Waals surface area (Å²) < 4.78 is 17.5. The molecule has 6 nitrogen and oxygen atoms in total. The highest BCUT2D eigenvalue weighted by atomic mass is 16.5. The standard InChI is InChI=1S/C28H27NO5/c1-4-5-11-32-20-9-6-8-19(15-20)25-24-26(30)22-13-17(2)18(3)14-23(22)34-27(24)28(31)29(25)16-21-10-7-12-33-21/h6-10,12-15,25H,4-5,11,16H2,1-3H3. The van der Waals surface area contributed by atoms with Gasteiger partial charge < -0.3 is 18.5 Å². The number of carbonyl (C=O) groups is 1. The normalized spacial score (nSPS) is 15.2. The van der Waals surface area contributed by atoms with Crippen molar-refractivity contribution in [3.05, 3.63) is 98.8 Å². The molecule has 1 aliphatic heterocycles. The lowest BCUT2D eigenvalue weighted by molar-refractivity contribution is 0.0701. The average Bonchev–Trinajstić information content (AvgIpc) is 3.43. The summed E-state index contributed by atoms with van der Waals surface area (Å²) in [6.07, 6.45) is 3.56. The van der Waals surface area contributed by atoms with Crippen LogP contribution in [-0.2, 0) is 6.54 Å². The van der Waals surface area contributed by atoms with Crippen molar-refractivity contribution in [1.29, 1.82) is 0 Å². The molecule has 6 heteroatoms. The fourth-order valence-corrected chi connectivity index (χ4v) is 4.46. The van der Waals surface area contributed by atoms with Gasteiger partial charge in [-0.1, -0.05) is 25.5 Å². The van der Waals surface area contributed by atoms with Crippen LogP contribution in [0, 0.1) is 13.8 Å². The van der Waals surface area contributed by atoms with Gasteiger partial charge in [0.25, 0.3) is 5.91 Å². The molecule has 5 rings (SSSR count). The molecule has 1 amide bonds. The van der Waals surface area contributed by atoms with Crippen molar-refractivity contribution in [3.63, 3.8) is 0 Å². The third-order valence-electron chi connectivity index (χ3n) is 6.43. The minimum atomic E-state index is -0.607. The quantitative estimate of drug-likeness (QED) is 0.322. The molecule has 2 aromatic heterocycles. The Morgan fingerprint density at radius 3 is 2.62 bits per heavy atom. The Balaban J connectivity index is 1.67. The van der Waals surface area contributed by atoms with Crippen LogP contribution < -0.4 is 10.2 Å². The Bertz CT molecular complexity index is 1420. The molecule has 34 heavy (non-hydrogen) atoms. The van der Waals surface area contributed by atoms with Crippen LogP contribution >= 0.6 is 0 Å². The van der Waals surface area contributed by atoms with E-state index in [4.69, 9.17) is 13.6 Å². The molecule has 1 atom stereocenters. The first-order chi connectivity index (χ1) is 16.5. The Morgan fingerprint density at radius 2 is 1.85 bits per heavy atom. The third kappa shape index (κ3) is 3.79. The van der Waals surface area contributed by atoms with E-state index < -0.39 is 6.04 Å². The van der Waals surface area contributed by atoms with Crippen molar-refractivity contribution in [3.8, 4) is 5.75 Å². The summed E-state index contributed by atoms with van der Waals surface area (Å²) >= 11 is 0. The highest BCUT2D eigenvalue weighted by Gasteiger charge is 2.43. The Labute approximate surface area is 197 Å². The van der Waals surface area contributed by atoms with E-state index in [1.807, 2.05) is 56.3 Å². The number of benzene rings is 2. The smallest absolute Gasteiger partial charge is 0.291 e. The van der Waals surface area contributed by atoms with Crippen LogP contribution in [0.2, 0.25) is 0 Å². The van der Waals surface area contributed by atoms with Gasteiger partial charge in [-0.3, -0.25) is 9.59 Å². The molecule has 0 fully saturated rings. The summed E-state index contributed by atoms with van der Waals surface area (Å²) in [6.45, 7) is 6.86. The summed E-state index contributed by atoms with van der Waals surface area (Å²) in [5.74, 6) is 1.10. The van der Waals surface area contributed by atoms with E-state index in [0.29, 0.717) is 34.6 Å². The molecular formula is C28H27NO5. The first-order valence-corrected chi connectivity index (χ1v) is 11.6. The lowest BCUT2D eigenvalue weighted by atomic mass is 9.97. The maximum Gasteiger partial charge on any atom is 0.291 e. The van der Waals surface area contributed by atoms with Crippen LogP contribution in [0.4, 0.5) is 0 Å². The van der Waals surface area contributed by atoms with Crippen molar-refractivity contribution < 1.29 is 18.4 Å². The number of amides is 1. The van der Waals surface area contributed by atoms with E-state index >= 15 is 0 Å². The number of aryl methyl sites for hydroxylation is 2. The van der Waals surface area contributed by atoms with Gasteiger partial charge in [0.2, 0.25) is 5.76 Å². The molecule has 0 saturated carbocycles. The Kier molecular flexibility index (Phi) is 5.74. The molecule has 4 aromatic rings. The highest BCUT2D eigenvalue weighted by molar-refractivity contribution is 5.99. The topological polar surface area (TPSA) is 72.9 Å². The minimum absolute atomic E-state index is 0.0922. The van der Waals surface area contributed by atoms with Gasteiger partial charge >= 0.3 is 0 Å². The number of unbranched alkanes of at least 4 members (excludes halogenated alkanes) is 1. The van der Waals surface area contributed by atoms with Crippen LogP contribution in [0.3, 0.4) is 0 Å². The molecule has 0 bridgehead atoms. The highest BCUT2D eigenvalue weighted by Crippen LogP contribution is 2.40. The van der Waals surface area contributed by atoms with E-state index in [2.05, 4.69) is 6.92 Å². The van der Waals surface area contributed by atoms with Crippen LogP contribution in [0.25, 0.3) is 11.0 Å². The largest absolute Gasteiger partial charge is 0.494 e. The van der Waals surface area contributed by atoms with Gasteiger partial charge in [-0.25, -0.2) is 0 Å². The molecular weight excluding hydrogens is 430 g/mol. The number of hydrogen-bond acceptors (Lipinski definition) is 5. The predicted molar refractivity (Wildman–Crippen MR) is 129 cm³/mol. The van der Waals surface area contributed by atoms with E-state index in [1.165, 1.54) is 0 Å². The van der Waals surface area contributed by atoms with Gasteiger partial charge in [-0.05, 0) is 73.4 Å². The van der Waals surface area contributed by atoms with Gasteiger partial charge in [-0.15, -0.1) is 0 Å². The van der Waals surface area contributed by atoms with Crippen LogP contribution in [-0.4, -0.2) is 17.4 Å². The molecule has 174 valence electrons. The summed E-state index contributed by atoms with van der Waals surface area (Å²) in [5.41, 5.74) is 3.40. The van der Waals surface area contributed by atoms with Crippen LogP contribution in [0.15, 0.2) is 68.4 Å². The van der Waals surface area contributed by atoms with Crippen molar-refractivity contribution in [2.75, 3.05) is 6.61 Å². The molecule has 0 saturated heterocycles. The number of carbonyl (C=O) groups excluding carboxylic acids is 1. The molecule has 0 aliphatic carbocycles. The van der Waals surface area contributed by atoms with Crippen LogP contribution in [0.1, 0.15) is 64.4 Å². The summed E-state index contributed by atoms with van der Waals surface area (Å²) in [4.78, 5) is 29.0. The SMILES string of the molecule is CCCCOc1cccc(C2c3c(oc4cc(C)c(C)cc4c3=O)C(=O)N2Cc2ccco2)c1. The molecule has 2 aromatic carbocycles. The molecule has 1 aliphatic rings. The van der Waals surface area contributed by atoms with E-state index in [-0.39, 0.29) is 23.6 Å². The van der Waals surface area contributed by atoms with Gasteiger partial charge in [-0.2, -0.15) is 0 Å². The summed E-state index contributed by atoms with van der Waals surface area (Å²) in [7, 11) is 0. The van der Waals surface area contributed by atoms with Crippen molar-refractivity contribution in [2.45, 2.75) is 46.2 Å². The second kappa shape index (κ2) is 8.86. The first-order valence-electron chi connectivity index (χ1n) is 11.6. The molecule has 3 heterocycles. The monoisotopic (exact) mass is 457 g/mol. The molecule has 1 unspecified atom stereocenters.